The van der Waals surface area contributed by atoms with Crippen LogP contribution in [0.4, 0.5) is 0 Å². The number of oxazole rings is 1. The van der Waals surface area contributed by atoms with Crippen LogP contribution in [-0.4, -0.2) is 34.7 Å². The molecule has 5 heteroatoms. The maximum atomic E-state index is 12.6. The third-order valence-corrected chi connectivity index (χ3v) is 5.72. The van der Waals surface area contributed by atoms with Gasteiger partial charge in [0.25, 0.3) is 0 Å². The number of amides is 1. The van der Waals surface area contributed by atoms with Gasteiger partial charge in [-0.3, -0.25) is 9.59 Å². The molecule has 1 aromatic heterocycles. The van der Waals surface area contributed by atoms with Crippen LogP contribution in [0.1, 0.15) is 41.1 Å². The van der Waals surface area contributed by atoms with E-state index < -0.39 is 0 Å². The van der Waals surface area contributed by atoms with Gasteiger partial charge in [0.15, 0.2) is 17.4 Å². The standard InChI is InChI=1S/C25H26N2O3/c1-18-7-9-19(10-8-18)22-17-26-23(30-22)11-12-24(28)27-15-13-21(14-16-27)25(29)20-5-3-2-4-6-20/h2-10,17,21H,11-16H2,1H3. The molecule has 0 aliphatic carbocycles. The number of aromatic nitrogens is 1. The summed E-state index contributed by atoms with van der Waals surface area (Å²) >= 11 is 0. The summed E-state index contributed by atoms with van der Waals surface area (Å²) in [5.74, 6) is 1.58. The van der Waals surface area contributed by atoms with Crippen LogP contribution in [0.5, 0.6) is 0 Å². The highest BCUT2D eigenvalue weighted by molar-refractivity contribution is 5.98. The second kappa shape index (κ2) is 9.08. The lowest BCUT2D eigenvalue weighted by Crippen LogP contribution is -2.40. The molecule has 1 aliphatic rings. The molecular weight excluding hydrogens is 376 g/mol. The molecule has 1 saturated heterocycles. The lowest BCUT2D eigenvalue weighted by Gasteiger charge is -2.31. The van der Waals surface area contributed by atoms with Crippen molar-refractivity contribution in [3.05, 3.63) is 77.8 Å². The van der Waals surface area contributed by atoms with Crippen LogP contribution in [-0.2, 0) is 11.2 Å². The molecule has 1 fully saturated rings. The van der Waals surface area contributed by atoms with Crippen LogP contribution < -0.4 is 0 Å². The monoisotopic (exact) mass is 402 g/mol. The third kappa shape index (κ3) is 4.67. The largest absolute Gasteiger partial charge is 0.441 e. The van der Waals surface area contributed by atoms with Crippen molar-refractivity contribution in [2.45, 2.75) is 32.6 Å². The lowest BCUT2D eigenvalue weighted by atomic mass is 9.89. The SMILES string of the molecule is Cc1ccc(-c2cnc(CCC(=O)N3CCC(C(=O)c4ccccc4)CC3)o2)cc1. The first kappa shape index (κ1) is 20.1. The second-order valence-electron chi connectivity index (χ2n) is 7.87. The van der Waals surface area contributed by atoms with Crippen molar-refractivity contribution < 1.29 is 14.0 Å². The van der Waals surface area contributed by atoms with Gasteiger partial charge < -0.3 is 9.32 Å². The molecule has 2 aromatic carbocycles. The number of carbonyl (C=O) groups excluding carboxylic acids is 2. The molecule has 0 bridgehead atoms. The van der Waals surface area contributed by atoms with Crippen molar-refractivity contribution >= 4 is 11.7 Å². The predicted octanol–water partition coefficient (Wildman–Crippen LogP) is 4.70. The van der Waals surface area contributed by atoms with Gasteiger partial charge in [0.2, 0.25) is 5.91 Å². The second-order valence-corrected chi connectivity index (χ2v) is 7.87. The molecule has 2 heterocycles. The summed E-state index contributed by atoms with van der Waals surface area (Å²) < 4.78 is 5.82. The van der Waals surface area contributed by atoms with E-state index in [-0.39, 0.29) is 17.6 Å². The van der Waals surface area contributed by atoms with E-state index in [0.29, 0.717) is 31.8 Å². The molecule has 0 N–H and O–H groups in total. The van der Waals surface area contributed by atoms with Crippen molar-refractivity contribution in [2.24, 2.45) is 5.92 Å². The molecule has 1 amide bonds. The van der Waals surface area contributed by atoms with Crippen molar-refractivity contribution in [3.63, 3.8) is 0 Å². The minimum absolute atomic E-state index is 0.000239. The number of likely N-dealkylation sites (tertiary alicyclic amines) is 1. The number of hydrogen-bond acceptors (Lipinski definition) is 4. The Morgan fingerprint density at radius 2 is 1.73 bits per heavy atom. The number of aryl methyl sites for hydroxylation is 2. The summed E-state index contributed by atoms with van der Waals surface area (Å²) in [6.07, 6.45) is 4.00. The Bertz CT molecular complexity index is 1000. The summed E-state index contributed by atoms with van der Waals surface area (Å²) in [5.41, 5.74) is 2.93. The van der Waals surface area contributed by atoms with Gasteiger partial charge >= 0.3 is 0 Å². The van der Waals surface area contributed by atoms with E-state index in [1.54, 1.807) is 6.20 Å². The topological polar surface area (TPSA) is 63.4 Å². The Labute approximate surface area is 176 Å². The van der Waals surface area contributed by atoms with Crippen molar-refractivity contribution in [1.82, 2.24) is 9.88 Å². The van der Waals surface area contributed by atoms with Crippen LogP contribution >= 0.6 is 0 Å². The normalized spacial score (nSPS) is 14.6. The Kier molecular flexibility index (Phi) is 6.07. The lowest BCUT2D eigenvalue weighted by molar-refractivity contribution is -0.132. The number of Topliss-reactive ketones (excluding diaryl/α,β-unsaturated/α-hetero) is 1. The summed E-state index contributed by atoms with van der Waals surface area (Å²) in [6.45, 7) is 3.30. The van der Waals surface area contributed by atoms with Gasteiger partial charge in [-0.15, -0.1) is 0 Å². The van der Waals surface area contributed by atoms with Crippen LogP contribution in [0.3, 0.4) is 0 Å². The first-order valence-electron chi connectivity index (χ1n) is 10.5. The van der Waals surface area contributed by atoms with Crippen LogP contribution in [0.2, 0.25) is 0 Å². The molecule has 0 spiro atoms. The smallest absolute Gasteiger partial charge is 0.223 e. The highest BCUT2D eigenvalue weighted by atomic mass is 16.4. The maximum absolute atomic E-state index is 12.6. The van der Waals surface area contributed by atoms with E-state index in [1.165, 1.54) is 5.56 Å². The van der Waals surface area contributed by atoms with Crippen molar-refractivity contribution in [1.29, 1.82) is 0 Å². The molecule has 1 aliphatic heterocycles. The Morgan fingerprint density at radius 1 is 1.03 bits per heavy atom. The zero-order valence-electron chi connectivity index (χ0n) is 17.2. The molecular formula is C25H26N2O3. The minimum Gasteiger partial charge on any atom is -0.441 e. The number of nitrogens with zero attached hydrogens (tertiary/aromatic N) is 2. The summed E-state index contributed by atoms with van der Waals surface area (Å²) in [7, 11) is 0. The number of ketones is 1. The number of piperidine rings is 1. The highest BCUT2D eigenvalue weighted by Crippen LogP contribution is 2.24. The zero-order valence-corrected chi connectivity index (χ0v) is 17.2. The molecule has 5 nitrogen and oxygen atoms in total. The Morgan fingerprint density at radius 3 is 2.43 bits per heavy atom. The zero-order chi connectivity index (χ0) is 20.9. The fourth-order valence-electron chi connectivity index (χ4n) is 3.88. The van der Waals surface area contributed by atoms with E-state index in [1.807, 2.05) is 66.4 Å². The van der Waals surface area contributed by atoms with Crippen molar-refractivity contribution in [3.8, 4) is 11.3 Å². The molecule has 0 atom stereocenters. The molecule has 30 heavy (non-hydrogen) atoms. The quantitative estimate of drug-likeness (QED) is 0.561. The predicted molar refractivity (Wildman–Crippen MR) is 115 cm³/mol. The number of rotatable bonds is 6. The van der Waals surface area contributed by atoms with E-state index in [2.05, 4.69) is 4.98 Å². The molecule has 3 aromatic rings. The van der Waals surface area contributed by atoms with Gasteiger partial charge in [-0.2, -0.15) is 0 Å². The fraction of sp³-hybridized carbons (Fsp3) is 0.320. The van der Waals surface area contributed by atoms with E-state index in [0.717, 1.165) is 29.7 Å². The highest BCUT2D eigenvalue weighted by Gasteiger charge is 2.27. The number of hydrogen-bond donors (Lipinski definition) is 0. The molecule has 154 valence electrons. The van der Waals surface area contributed by atoms with Gasteiger partial charge in [0, 0.05) is 43.0 Å². The number of carbonyl (C=O) groups is 2. The molecule has 0 unspecified atom stereocenters. The van der Waals surface area contributed by atoms with E-state index in [4.69, 9.17) is 4.42 Å². The first-order chi connectivity index (χ1) is 14.6. The summed E-state index contributed by atoms with van der Waals surface area (Å²) in [6, 6.07) is 17.5. The average Bonchev–Trinajstić information content (AvgIpc) is 3.27. The Hall–Kier alpha value is -3.21. The van der Waals surface area contributed by atoms with Gasteiger partial charge in [0.05, 0.1) is 6.20 Å². The Balaban J connectivity index is 1.26. The fourth-order valence-corrected chi connectivity index (χ4v) is 3.88. The summed E-state index contributed by atoms with van der Waals surface area (Å²) in [4.78, 5) is 31.4. The summed E-state index contributed by atoms with van der Waals surface area (Å²) in [5, 5.41) is 0. The van der Waals surface area contributed by atoms with Gasteiger partial charge in [0.1, 0.15) is 0 Å². The number of benzene rings is 2. The van der Waals surface area contributed by atoms with Crippen molar-refractivity contribution in [2.75, 3.05) is 13.1 Å². The third-order valence-electron chi connectivity index (χ3n) is 5.72. The first-order valence-corrected chi connectivity index (χ1v) is 10.5. The van der Waals surface area contributed by atoms with Crippen LogP contribution in [0.15, 0.2) is 65.2 Å². The van der Waals surface area contributed by atoms with Crippen LogP contribution in [0.25, 0.3) is 11.3 Å². The van der Waals surface area contributed by atoms with Gasteiger partial charge in [-0.1, -0.05) is 60.2 Å². The van der Waals surface area contributed by atoms with Gasteiger partial charge in [-0.25, -0.2) is 4.98 Å². The molecule has 0 radical (unpaired) electrons. The maximum Gasteiger partial charge on any atom is 0.223 e. The van der Waals surface area contributed by atoms with E-state index >= 15 is 0 Å². The minimum atomic E-state index is 0.000239. The molecule has 4 rings (SSSR count). The van der Waals surface area contributed by atoms with E-state index in [9.17, 15) is 9.59 Å². The van der Waals surface area contributed by atoms with Gasteiger partial charge in [-0.05, 0) is 19.8 Å². The average molecular weight is 402 g/mol. The molecule has 0 saturated carbocycles. The van der Waals surface area contributed by atoms with Crippen LogP contribution in [0, 0.1) is 12.8 Å².